The van der Waals surface area contributed by atoms with E-state index in [0.717, 1.165) is 10.2 Å². The molecule has 4 aromatic rings. The summed E-state index contributed by atoms with van der Waals surface area (Å²) in [5.74, 6) is -0.382. The lowest BCUT2D eigenvalue weighted by Crippen LogP contribution is -2.22. The molecule has 27 heavy (non-hydrogen) atoms. The molecule has 4 rings (SSSR count). The van der Waals surface area contributed by atoms with Crippen LogP contribution >= 0.6 is 22.9 Å². The van der Waals surface area contributed by atoms with Crippen molar-refractivity contribution < 1.29 is 18.7 Å². The van der Waals surface area contributed by atoms with E-state index in [-0.39, 0.29) is 18.0 Å². The number of nitrogens with zero attached hydrogens (tertiary/aromatic N) is 2. The van der Waals surface area contributed by atoms with Crippen molar-refractivity contribution in [2.24, 2.45) is 0 Å². The van der Waals surface area contributed by atoms with Gasteiger partial charge in [0.1, 0.15) is 16.9 Å². The van der Waals surface area contributed by atoms with E-state index in [4.69, 9.17) is 20.8 Å². The second-order valence-electron chi connectivity index (χ2n) is 5.62. The summed E-state index contributed by atoms with van der Waals surface area (Å²) in [6.45, 7) is 0.139. The highest BCUT2D eigenvalue weighted by Crippen LogP contribution is 2.28. The summed E-state index contributed by atoms with van der Waals surface area (Å²) in [4.78, 5) is 32.6. The van der Waals surface area contributed by atoms with Crippen molar-refractivity contribution >= 4 is 56.0 Å². The zero-order valence-electron chi connectivity index (χ0n) is 14.0. The summed E-state index contributed by atoms with van der Waals surface area (Å²) in [5.41, 5.74) is 1.32. The van der Waals surface area contributed by atoms with Crippen LogP contribution in [0.3, 0.4) is 0 Å². The number of carbonyl (C=O) groups excluding carboxylic acids is 2. The SMILES string of the molecule is COC(=O)c1cc(Cl)cc2cc(CNC(=O)c3nc4ccncc4s3)oc12. The first-order chi connectivity index (χ1) is 13.0. The quantitative estimate of drug-likeness (QED) is 0.522. The molecule has 0 saturated carbocycles. The molecule has 0 unspecified atom stereocenters. The van der Waals surface area contributed by atoms with Crippen LogP contribution in [0.25, 0.3) is 21.2 Å². The number of aromatic nitrogens is 2. The Morgan fingerprint density at radius 3 is 2.96 bits per heavy atom. The number of rotatable bonds is 4. The van der Waals surface area contributed by atoms with Gasteiger partial charge in [0.2, 0.25) is 0 Å². The second kappa shape index (κ2) is 6.98. The van der Waals surface area contributed by atoms with Crippen LogP contribution in [-0.4, -0.2) is 29.0 Å². The van der Waals surface area contributed by atoms with Gasteiger partial charge in [-0.15, -0.1) is 11.3 Å². The smallest absolute Gasteiger partial charge is 0.341 e. The average molecular weight is 402 g/mol. The number of ether oxygens (including phenoxy) is 1. The lowest BCUT2D eigenvalue weighted by Gasteiger charge is -2.01. The van der Waals surface area contributed by atoms with E-state index < -0.39 is 5.97 Å². The summed E-state index contributed by atoms with van der Waals surface area (Å²) in [7, 11) is 1.28. The Hall–Kier alpha value is -2.97. The highest BCUT2D eigenvalue weighted by atomic mass is 35.5. The van der Waals surface area contributed by atoms with Crippen LogP contribution in [0.1, 0.15) is 25.9 Å². The Labute approximate surface area is 161 Å². The highest BCUT2D eigenvalue weighted by Gasteiger charge is 2.18. The summed E-state index contributed by atoms with van der Waals surface area (Å²) in [6, 6.07) is 6.63. The predicted octanol–water partition coefficient (Wildman–Crippen LogP) is 3.81. The summed E-state index contributed by atoms with van der Waals surface area (Å²) >= 11 is 7.31. The molecule has 1 amide bonds. The maximum atomic E-state index is 12.4. The molecule has 3 heterocycles. The van der Waals surface area contributed by atoms with Crippen molar-refractivity contribution in [2.45, 2.75) is 6.54 Å². The summed E-state index contributed by atoms with van der Waals surface area (Å²) in [5, 5.41) is 4.14. The fourth-order valence-corrected chi connectivity index (χ4v) is 3.71. The van der Waals surface area contributed by atoms with Crippen molar-refractivity contribution in [3.63, 3.8) is 0 Å². The first kappa shape index (κ1) is 17.4. The molecule has 0 aliphatic heterocycles. The number of hydrogen-bond donors (Lipinski definition) is 1. The number of halogens is 1. The normalized spacial score (nSPS) is 11.0. The van der Waals surface area contributed by atoms with E-state index in [1.54, 1.807) is 30.6 Å². The van der Waals surface area contributed by atoms with Gasteiger partial charge in [-0.05, 0) is 24.3 Å². The number of thiazole rings is 1. The van der Waals surface area contributed by atoms with Crippen LogP contribution in [0.4, 0.5) is 0 Å². The third-order valence-corrected chi connectivity index (χ3v) is 5.07. The standard InChI is InChI=1S/C18H12ClN3O4S/c1-25-18(24)12-6-10(19)4-9-5-11(26-15(9)12)7-21-16(23)17-22-13-2-3-20-8-14(13)27-17/h2-6,8H,7H2,1H3,(H,21,23). The van der Waals surface area contributed by atoms with Crippen LogP contribution in [0.5, 0.6) is 0 Å². The molecule has 0 aliphatic rings. The second-order valence-corrected chi connectivity index (χ2v) is 7.09. The Bertz CT molecular complexity index is 1150. The number of furan rings is 1. The number of amides is 1. The molecule has 0 atom stereocenters. The number of nitrogens with one attached hydrogen (secondary N) is 1. The Morgan fingerprint density at radius 1 is 1.33 bits per heavy atom. The molecule has 0 bridgehead atoms. The fourth-order valence-electron chi connectivity index (χ4n) is 2.64. The van der Waals surface area contributed by atoms with Gasteiger partial charge in [-0.1, -0.05) is 11.6 Å². The van der Waals surface area contributed by atoms with Gasteiger partial charge in [-0.2, -0.15) is 0 Å². The van der Waals surface area contributed by atoms with Crippen molar-refractivity contribution in [3.8, 4) is 0 Å². The van der Waals surface area contributed by atoms with Crippen LogP contribution < -0.4 is 5.32 Å². The first-order valence-corrected chi connectivity index (χ1v) is 9.03. The van der Waals surface area contributed by atoms with E-state index >= 15 is 0 Å². The molecule has 7 nitrogen and oxygen atoms in total. The van der Waals surface area contributed by atoms with E-state index in [9.17, 15) is 9.59 Å². The molecule has 1 N–H and O–H groups in total. The molecular weight excluding hydrogens is 390 g/mol. The van der Waals surface area contributed by atoms with Gasteiger partial charge in [0.05, 0.1) is 23.9 Å². The van der Waals surface area contributed by atoms with Gasteiger partial charge in [-0.25, -0.2) is 9.78 Å². The summed E-state index contributed by atoms with van der Waals surface area (Å²) in [6.07, 6.45) is 3.29. The molecule has 0 fully saturated rings. The highest BCUT2D eigenvalue weighted by molar-refractivity contribution is 7.20. The average Bonchev–Trinajstić information content (AvgIpc) is 3.28. The maximum Gasteiger partial charge on any atom is 0.341 e. The van der Waals surface area contributed by atoms with Crippen molar-refractivity contribution in [1.29, 1.82) is 0 Å². The lowest BCUT2D eigenvalue weighted by molar-refractivity contribution is 0.0601. The van der Waals surface area contributed by atoms with Crippen LogP contribution in [0.2, 0.25) is 5.02 Å². The Kier molecular flexibility index (Phi) is 4.51. The van der Waals surface area contributed by atoms with Gasteiger partial charge >= 0.3 is 5.97 Å². The van der Waals surface area contributed by atoms with E-state index in [0.29, 0.717) is 26.8 Å². The molecule has 0 saturated heterocycles. The number of esters is 1. The minimum Gasteiger partial charge on any atom is -0.465 e. The minimum absolute atomic E-state index is 0.139. The first-order valence-electron chi connectivity index (χ1n) is 7.84. The molecule has 136 valence electrons. The predicted molar refractivity (Wildman–Crippen MR) is 101 cm³/mol. The van der Waals surface area contributed by atoms with Gasteiger partial charge in [-0.3, -0.25) is 9.78 Å². The van der Waals surface area contributed by atoms with Crippen LogP contribution in [-0.2, 0) is 11.3 Å². The summed E-state index contributed by atoms with van der Waals surface area (Å²) < 4.78 is 11.3. The topological polar surface area (TPSA) is 94.3 Å². The number of fused-ring (bicyclic) bond motifs is 2. The van der Waals surface area contributed by atoms with E-state index in [1.807, 2.05) is 0 Å². The van der Waals surface area contributed by atoms with E-state index in [2.05, 4.69) is 15.3 Å². The number of benzene rings is 1. The zero-order chi connectivity index (χ0) is 19.0. The monoisotopic (exact) mass is 401 g/mol. The number of carbonyl (C=O) groups is 2. The van der Waals surface area contributed by atoms with E-state index in [1.165, 1.54) is 24.5 Å². The maximum absolute atomic E-state index is 12.4. The minimum atomic E-state index is -0.546. The Balaban J connectivity index is 1.56. The Morgan fingerprint density at radius 2 is 2.19 bits per heavy atom. The lowest BCUT2D eigenvalue weighted by atomic mass is 10.1. The molecule has 9 heteroatoms. The molecule has 0 aliphatic carbocycles. The van der Waals surface area contributed by atoms with Gasteiger partial charge < -0.3 is 14.5 Å². The largest absolute Gasteiger partial charge is 0.465 e. The molecular formula is C18H12ClN3O4S. The van der Waals surface area contributed by atoms with Crippen LogP contribution in [0.15, 0.2) is 41.1 Å². The number of pyridine rings is 1. The van der Waals surface area contributed by atoms with Crippen molar-refractivity contribution in [1.82, 2.24) is 15.3 Å². The molecule has 3 aromatic heterocycles. The number of hydrogen-bond acceptors (Lipinski definition) is 7. The molecule has 0 radical (unpaired) electrons. The van der Waals surface area contributed by atoms with Gasteiger partial charge in [0.25, 0.3) is 5.91 Å². The number of methoxy groups -OCH3 is 1. The van der Waals surface area contributed by atoms with Gasteiger partial charge in [0, 0.05) is 22.8 Å². The third-order valence-electron chi connectivity index (χ3n) is 3.85. The van der Waals surface area contributed by atoms with Gasteiger partial charge in [0.15, 0.2) is 5.01 Å². The third kappa shape index (κ3) is 3.36. The van der Waals surface area contributed by atoms with Crippen molar-refractivity contribution in [3.05, 3.63) is 58.0 Å². The molecule has 1 aromatic carbocycles. The van der Waals surface area contributed by atoms with Crippen molar-refractivity contribution in [2.75, 3.05) is 7.11 Å². The van der Waals surface area contributed by atoms with Crippen LogP contribution in [0, 0.1) is 0 Å². The zero-order valence-corrected chi connectivity index (χ0v) is 15.6. The molecule has 0 spiro atoms. The fraction of sp³-hybridized carbons (Fsp3) is 0.111.